The minimum Gasteiger partial charge on any atom is -0.394 e. The third-order valence-corrected chi connectivity index (χ3v) is 2.44. The number of hydrogen-bond acceptors (Lipinski definition) is 6. The van der Waals surface area contributed by atoms with Gasteiger partial charge in [-0.3, -0.25) is 0 Å². The lowest BCUT2D eigenvalue weighted by Crippen LogP contribution is -2.59. The van der Waals surface area contributed by atoms with Crippen molar-refractivity contribution in [2.45, 2.75) is 30.7 Å². The van der Waals surface area contributed by atoms with Gasteiger partial charge in [-0.1, -0.05) is 22.6 Å². The van der Waals surface area contributed by atoms with Crippen molar-refractivity contribution in [1.29, 1.82) is 0 Å². The molecular weight excluding hydrogens is 303 g/mol. The predicted octanol–water partition coefficient (Wildman–Crippen LogP) is -1.80. The van der Waals surface area contributed by atoms with Crippen LogP contribution in [0.25, 0.3) is 0 Å². The highest BCUT2D eigenvalue weighted by molar-refractivity contribution is 14.1. The molecule has 0 radical (unpaired) electrons. The van der Waals surface area contributed by atoms with E-state index in [2.05, 4.69) is 0 Å². The maximum Gasteiger partial charge on any atom is 0.187 e. The molecule has 1 rings (SSSR count). The fourth-order valence-corrected chi connectivity index (χ4v) is 1.62. The van der Waals surface area contributed by atoms with Gasteiger partial charge >= 0.3 is 0 Å². The molecule has 14 heavy (non-hydrogen) atoms. The Hall–Kier alpha value is 0.490. The average Bonchev–Trinajstić information content (AvgIpc) is 2.19. The van der Waals surface area contributed by atoms with Gasteiger partial charge in [-0.2, -0.15) is 0 Å². The summed E-state index contributed by atoms with van der Waals surface area (Å²) in [5, 5.41) is 36.9. The van der Waals surface area contributed by atoms with Crippen LogP contribution in [0.1, 0.15) is 0 Å². The molecule has 1 unspecified atom stereocenters. The normalized spacial score (nSPS) is 43.9. The van der Waals surface area contributed by atoms with Crippen LogP contribution in [-0.2, 0) is 9.47 Å². The molecule has 1 fully saturated rings. The summed E-state index contributed by atoms with van der Waals surface area (Å²) < 4.78 is 10.3. The summed E-state index contributed by atoms with van der Waals surface area (Å²) in [6.45, 7) is -0.438. The predicted molar refractivity (Wildman–Crippen MR) is 53.7 cm³/mol. The third kappa shape index (κ3) is 2.54. The van der Waals surface area contributed by atoms with E-state index in [0.717, 1.165) is 0 Å². The third-order valence-electron chi connectivity index (χ3n) is 2.08. The fourth-order valence-electron chi connectivity index (χ4n) is 1.27. The lowest BCUT2D eigenvalue weighted by molar-refractivity contribution is -0.295. The lowest BCUT2D eigenvalue weighted by atomic mass is 9.99. The van der Waals surface area contributed by atoms with Crippen molar-refractivity contribution in [3.8, 4) is 0 Å². The van der Waals surface area contributed by atoms with Gasteiger partial charge in [0, 0.05) is 0 Å². The topological polar surface area (TPSA) is 99.4 Å². The highest BCUT2D eigenvalue weighted by atomic mass is 123. The quantitative estimate of drug-likeness (QED) is 0.362. The molecule has 1 heterocycles. The summed E-state index contributed by atoms with van der Waals surface area (Å²) in [5.41, 5.74) is 0. The SMILES string of the molecule is OC[C@H]1OC(OC[123I])[C@H](O)[C@@H](O)[C@@H]1O. The van der Waals surface area contributed by atoms with Gasteiger partial charge in [0.15, 0.2) is 6.29 Å². The van der Waals surface area contributed by atoms with Gasteiger partial charge in [-0.15, -0.1) is 0 Å². The van der Waals surface area contributed by atoms with Crippen molar-refractivity contribution < 1.29 is 29.9 Å². The van der Waals surface area contributed by atoms with E-state index in [4.69, 9.17) is 14.6 Å². The number of aliphatic hydroxyl groups is 4. The molecule has 84 valence electrons. The molecule has 4 N–H and O–H groups in total. The first-order chi connectivity index (χ1) is 6.61. The molecule has 0 saturated carbocycles. The highest BCUT2D eigenvalue weighted by Gasteiger charge is 2.43. The first kappa shape index (κ1) is 12.6. The number of alkyl halides is 1. The summed E-state index contributed by atoms with van der Waals surface area (Å²) in [7, 11) is 0. The maximum atomic E-state index is 9.41. The molecular formula is C7H13IO6. The Morgan fingerprint density at radius 3 is 2.29 bits per heavy atom. The Morgan fingerprint density at radius 2 is 1.79 bits per heavy atom. The highest BCUT2D eigenvalue weighted by Crippen LogP contribution is 2.22. The van der Waals surface area contributed by atoms with E-state index in [1.54, 1.807) is 0 Å². The van der Waals surface area contributed by atoms with Crippen molar-refractivity contribution >= 4 is 22.6 Å². The second-order valence-electron chi connectivity index (χ2n) is 2.97. The number of aliphatic hydroxyl groups excluding tert-OH is 4. The van der Waals surface area contributed by atoms with E-state index < -0.39 is 37.3 Å². The van der Waals surface area contributed by atoms with Crippen molar-refractivity contribution in [3.05, 3.63) is 0 Å². The molecule has 0 spiro atoms. The molecule has 1 aliphatic heterocycles. The molecule has 7 heteroatoms. The van der Waals surface area contributed by atoms with E-state index in [0.29, 0.717) is 0 Å². The van der Waals surface area contributed by atoms with Crippen LogP contribution in [0.5, 0.6) is 0 Å². The zero-order valence-electron chi connectivity index (χ0n) is 7.28. The summed E-state index contributed by atoms with van der Waals surface area (Å²) in [6, 6.07) is 0. The smallest absolute Gasteiger partial charge is 0.187 e. The Kier molecular flexibility index (Phi) is 4.97. The van der Waals surface area contributed by atoms with Crippen LogP contribution in [0.4, 0.5) is 0 Å². The number of hydrogen-bond donors (Lipinski definition) is 4. The van der Waals surface area contributed by atoms with Gasteiger partial charge in [0.1, 0.15) is 29.0 Å². The zero-order chi connectivity index (χ0) is 10.7. The van der Waals surface area contributed by atoms with Gasteiger partial charge in [0.2, 0.25) is 0 Å². The Labute approximate surface area is 94.6 Å². The molecule has 0 bridgehead atoms. The van der Waals surface area contributed by atoms with Crippen LogP contribution < -0.4 is 0 Å². The van der Waals surface area contributed by atoms with E-state index >= 15 is 0 Å². The van der Waals surface area contributed by atoms with Crippen LogP contribution in [0.2, 0.25) is 0 Å². The maximum absolute atomic E-state index is 9.41. The van der Waals surface area contributed by atoms with E-state index in [-0.39, 0.29) is 4.61 Å². The molecule has 0 amide bonds. The van der Waals surface area contributed by atoms with Crippen LogP contribution in [0.3, 0.4) is 0 Å². The number of halogens is 1. The van der Waals surface area contributed by atoms with Gasteiger partial charge in [-0.25, -0.2) is 0 Å². The monoisotopic (exact) mass is 316 g/mol. The zero-order valence-corrected chi connectivity index (χ0v) is 9.44. The van der Waals surface area contributed by atoms with Crippen LogP contribution in [0.15, 0.2) is 0 Å². The van der Waals surface area contributed by atoms with Crippen molar-refractivity contribution in [3.63, 3.8) is 0 Å². The van der Waals surface area contributed by atoms with E-state index in [9.17, 15) is 15.3 Å². The molecule has 0 aromatic rings. The summed E-state index contributed by atoms with van der Waals surface area (Å²) >= 11 is 1.91. The average molecular weight is 316 g/mol. The second-order valence-corrected chi connectivity index (χ2v) is 3.60. The summed E-state index contributed by atoms with van der Waals surface area (Å²) in [6.07, 6.45) is -5.91. The summed E-state index contributed by atoms with van der Waals surface area (Å²) in [5.74, 6) is 0. The van der Waals surface area contributed by atoms with Crippen LogP contribution in [0, 0.1) is 0 Å². The largest absolute Gasteiger partial charge is 0.394 e. The van der Waals surface area contributed by atoms with Crippen LogP contribution in [-0.4, -0.2) is 62.4 Å². The van der Waals surface area contributed by atoms with Gasteiger partial charge in [0.25, 0.3) is 0 Å². The second kappa shape index (κ2) is 5.54. The van der Waals surface area contributed by atoms with Gasteiger partial charge in [0.05, 0.1) is 6.61 Å². The lowest BCUT2D eigenvalue weighted by Gasteiger charge is -2.39. The minimum atomic E-state index is -1.37. The molecule has 6 nitrogen and oxygen atoms in total. The van der Waals surface area contributed by atoms with Crippen molar-refractivity contribution in [1.82, 2.24) is 0 Å². The molecule has 1 aliphatic rings. The number of rotatable bonds is 3. The molecule has 0 aromatic carbocycles. The standard InChI is InChI=1S/C7H13IO6/c8-2-13-7-6(12)5(11)4(10)3(1-9)14-7/h3-7,9-12H,1-2H2/t3-,4-,5+,6-,7?/m1/s1/i8-4. The fraction of sp³-hybridized carbons (Fsp3) is 1.00. The Balaban J connectivity index is 2.63. The Bertz CT molecular complexity index is 176. The molecule has 5 atom stereocenters. The van der Waals surface area contributed by atoms with Crippen LogP contribution >= 0.6 is 22.6 Å². The molecule has 1 saturated heterocycles. The first-order valence-electron chi connectivity index (χ1n) is 4.10. The van der Waals surface area contributed by atoms with Crippen molar-refractivity contribution in [2.75, 3.05) is 11.2 Å². The summed E-state index contributed by atoms with van der Waals surface area (Å²) in [4.78, 5) is 0. The first-order valence-corrected chi connectivity index (χ1v) is 5.62. The van der Waals surface area contributed by atoms with E-state index in [1.807, 2.05) is 22.6 Å². The van der Waals surface area contributed by atoms with Gasteiger partial charge < -0.3 is 29.9 Å². The molecule has 0 aromatic heterocycles. The van der Waals surface area contributed by atoms with Crippen molar-refractivity contribution in [2.24, 2.45) is 0 Å². The number of ether oxygens (including phenoxy) is 2. The van der Waals surface area contributed by atoms with Gasteiger partial charge in [-0.05, 0) is 0 Å². The van der Waals surface area contributed by atoms with E-state index in [1.165, 1.54) is 0 Å². The minimum absolute atomic E-state index is 0.278. The molecule has 0 aliphatic carbocycles. The Morgan fingerprint density at radius 1 is 1.14 bits per heavy atom.